The number of aryl methyl sites for hydroxylation is 1. The van der Waals surface area contributed by atoms with Crippen LogP contribution in [0.25, 0.3) is 22.1 Å². The average molecular weight is 374 g/mol. The highest BCUT2D eigenvalue weighted by atomic mass is 32.2. The van der Waals surface area contributed by atoms with Gasteiger partial charge in [-0.05, 0) is 25.1 Å². The predicted octanol–water partition coefficient (Wildman–Crippen LogP) is 3.14. The number of aromatic nitrogens is 5. The summed E-state index contributed by atoms with van der Waals surface area (Å²) in [6.07, 6.45) is 0. The largest absolute Gasteiger partial charge is 0.338 e. The van der Waals surface area contributed by atoms with Crippen molar-refractivity contribution < 1.29 is 9.18 Å². The zero-order valence-corrected chi connectivity index (χ0v) is 14.5. The number of carbonyl (C=O) groups excluding carboxylic acids is 1. The average Bonchev–Trinajstić information content (AvgIpc) is 3.15. The molecule has 0 aliphatic carbocycles. The normalized spacial score (nSPS) is 11.3. The Hall–Kier alpha value is -2.59. The molecule has 0 aliphatic heterocycles. The van der Waals surface area contributed by atoms with Gasteiger partial charge in [0, 0.05) is 16.3 Å². The van der Waals surface area contributed by atoms with Crippen molar-refractivity contribution in [2.75, 3.05) is 11.1 Å². The second-order valence-electron chi connectivity index (χ2n) is 5.24. The van der Waals surface area contributed by atoms with Gasteiger partial charge in [-0.3, -0.25) is 4.79 Å². The molecule has 2 N–H and O–H groups in total. The van der Waals surface area contributed by atoms with Crippen molar-refractivity contribution in [3.63, 3.8) is 0 Å². The van der Waals surface area contributed by atoms with E-state index in [1.165, 1.54) is 35.2 Å². The maximum Gasteiger partial charge on any atom is 0.236 e. The number of anilines is 1. The molecular formula is C15H11FN6OS2. The van der Waals surface area contributed by atoms with Gasteiger partial charge in [0.15, 0.2) is 10.8 Å². The topological polar surface area (TPSA) is 96.5 Å². The molecule has 4 aromatic rings. The third-order valence-corrected chi connectivity index (χ3v) is 5.07. The van der Waals surface area contributed by atoms with Gasteiger partial charge in [-0.15, -0.1) is 21.5 Å². The van der Waals surface area contributed by atoms with Crippen molar-refractivity contribution in [1.29, 1.82) is 0 Å². The van der Waals surface area contributed by atoms with Crippen LogP contribution in [-0.2, 0) is 4.79 Å². The smallest absolute Gasteiger partial charge is 0.236 e. The van der Waals surface area contributed by atoms with Crippen LogP contribution in [0.1, 0.15) is 5.69 Å². The number of fused-ring (bicyclic) bond motifs is 3. The molecule has 10 heteroatoms. The van der Waals surface area contributed by atoms with Crippen LogP contribution < -0.4 is 5.32 Å². The van der Waals surface area contributed by atoms with E-state index >= 15 is 0 Å². The number of amides is 1. The summed E-state index contributed by atoms with van der Waals surface area (Å²) in [6, 6.07) is 4.39. The summed E-state index contributed by atoms with van der Waals surface area (Å²) >= 11 is 2.54. The van der Waals surface area contributed by atoms with Crippen LogP contribution in [0.3, 0.4) is 0 Å². The predicted molar refractivity (Wildman–Crippen MR) is 95.4 cm³/mol. The van der Waals surface area contributed by atoms with Crippen molar-refractivity contribution in [2.24, 2.45) is 0 Å². The number of carbonyl (C=O) groups is 1. The minimum Gasteiger partial charge on any atom is -0.338 e. The van der Waals surface area contributed by atoms with Crippen molar-refractivity contribution in [2.45, 2.75) is 12.1 Å². The lowest BCUT2D eigenvalue weighted by Gasteiger charge is -2.00. The number of nitrogens with zero attached hydrogens (tertiary/aromatic N) is 4. The van der Waals surface area contributed by atoms with Gasteiger partial charge >= 0.3 is 0 Å². The summed E-state index contributed by atoms with van der Waals surface area (Å²) in [5.74, 6) is -0.398. The van der Waals surface area contributed by atoms with E-state index in [2.05, 4.69) is 30.5 Å². The first-order valence-electron chi connectivity index (χ1n) is 7.25. The Morgan fingerprint density at radius 1 is 1.36 bits per heavy atom. The summed E-state index contributed by atoms with van der Waals surface area (Å²) in [6.45, 7) is 1.86. The Labute approximate surface area is 149 Å². The third kappa shape index (κ3) is 3.30. The Morgan fingerprint density at radius 2 is 2.24 bits per heavy atom. The molecule has 1 amide bonds. The summed E-state index contributed by atoms with van der Waals surface area (Å²) in [4.78, 5) is 23.5. The Kier molecular flexibility index (Phi) is 4.06. The second kappa shape index (κ2) is 6.37. The summed E-state index contributed by atoms with van der Waals surface area (Å²) < 4.78 is 13.4. The Balaban J connectivity index is 1.50. The molecule has 4 rings (SSSR count). The molecule has 0 radical (unpaired) electrons. The highest BCUT2D eigenvalue weighted by Gasteiger charge is 2.12. The zero-order valence-electron chi connectivity index (χ0n) is 12.9. The molecule has 7 nitrogen and oxygen atoms in total. The SMILES string of the molecule is Cc1csc(NC(=O)CSc2nnc3c(n2)[nH]c2ccc(F)cc23)n1. The highest BCUT2D eigenvalue weighted by molar-refractivity contribution is 7.99. The van der Waals surface area contributed by atoms with Crippen LogP contribution in [0.5, 0.6) is 0 Å². The minimum absolute atomic E-state index is 0.140. The van der Waals surface area contributed by atoms with E-state index in [0.29, 0.717) is 26.8 Å². The number of H-pyrrole nitrogens is 1. The number of thioether (sulfide) groups is 1. The highest BCUT2D eigenvalue weighted by Crippen LogP contribution is 2.24. The summed E-state index contributed by atoms with van der Waals surface area (Å²) in [5, 5.41) is 14.3. The maximum atomic E-state index is 13.4. The van der Waals surface area contributed by atoms with Crippen LogP contribution in [0, 0.1) is 12.7 Å². The Morgan fingerprint density at radius 3 is 3.04 bits per heavy atom. The molecule has 0 aliphatic rings. The number of rotatable bonds is 4. The molecule has 1 aromatic carbocycles. The standard InChI is InChI=1S/C15H11FN6OS2/c1-7-5-24-14(17-7)19-11(23)6-25-15-20-13-12(21-22-15)9-4-8(16)2-3-10(9)18-13/h2-5H,6H2,1H3,(H,17,19,23)(H,18,20,22). The van der Waals surface area contributed by atoms with Gasteiger partial charge in [-0.2, -0.15) is 0 Å². The van der Waals surface area contributed by atoms with E-state index < -0.39 is 0 Å². The van der Waals surface area contributed by atoms with Gasteiger partial charge in [0.2, 0.25) is 11.1 Å². The molecule has 0 spiro atoms. The van der Waals surface area contributed by atoms with E-state index in [-0.39, 0.29) is 17.5 Å². The van der Waals surface area contributed by atoms with E-state index in [9.17, 15) is 9.18 Å². The molecule has 0 saturated heterocycles. The second-order valence-corrected chi connectivity index (χ2v) is 7.04. The third-order valence-electron chi connectivity index (χ3n) is 3.35. The number of aromatic amines is 1. The minimum atomic E-state index is -0.345. The van der Waals surface area contributed by atoms with Crippen LogP contribution in [0.15, 0.2) is 28.7 Å². The van der Waals surface area contributed by atoms with Crippen LogP contribution in [0.4, 0.5) is 9.52 Å². The van der Waals surface area contributed by atoms with Crippen molar-refractivity contribution in [3.05, 3.63) is 35.1 Å². The number of halogens is 1. The van der Waals surface area contributed by atoms with E-state index in [1.807, 2.05) is 12.3 Å². The van der Waals surface area contributed by atoms with Crippen molar-refractivity contribution >= 4 is 56.2 Å². The van der Waals surface area contributed by atoms with E-state index in [0.717, 1.165) is 11.2 Å². The van der Waals surface area contributed by atoms with Gasteiger partial charge < -0.3 is 10.3 Å². The fourth-order valence-electron chi connectivity index (χ4n) is 2.29. The number of benzene rings is 1. The molecule has 0 fully saturated rings. The van der Waals surface area contributed by atoms with Gasteiger partial charge in [-0.25, -0.2) is 14.4 Å². The number of hydrogen-bond donors (Lipinski definition) is 2. The maximum absolute atomic E-state index is 13.4. The molecular weight excluding hydrogens is 363 g/mol. The van der Waals surface area contributed by atoms with Crippen LogP contribution >= 0.6 is 23.1 Å². The van der Waals surface area contributed by atoms with Crippen LogP contribution in [-0.4, -0.2) is 36.8 Å². The summed E-state index contributed by atoms with van der Waals surface area (Å²) in [5.41, 5.74) is 2.61. The van der Waals surface area contributed by atoms with E-state index in [1.54, 1.807) is 6.07 Å². The van der Waals surface area contributed by atoms with Crippen molar-refractivity contribution in [1.82, 2.24) is 25.1 Å². The molecule has 0 atom stereocenters. The lowest BCUT2D eigenvalue weighted by atomic mass is 10.2. The number of thiazole rings is 1. The summed E-state index contributed by atoms with van der Waals surface area (Å²) in [7, 11) is 0. The molecule has 126 valence electrons. The monoisotopic (exact) mass is 374 g/mol. The quantitative estimate of drug-likeness (QED) is 0.533. The first-order valence-corrected chi connectivity index (χ1v) is 9.11. The van der Waals surface area contributed by atoms with Gasteiger partial charge in [0.05, 0.1) is 11.4 Å². The zero-order chi connectivity index (χ0) is 17.4. The first-order chi connectivity index (χ1) is 12.1. The lowest BCUT2D eigenvalue weighted by molar-refractivity contribution is -0.113. The molecule has 0 saturated carbocycles. The van der Waals surface area contributed by atoms with Crippen LogP contribution in [0.2, 0.25) is 0 Å². The number of hydrogen-bond acceptors (Lipinski definition) is 7. The van der Waals surface area contributed by atoms with Gasteiger partial charge in [0.25, 0.3) is 0 Å². The van der Waals surface area contributed by atoms with Crippen molar-refractivity contribution in [3.8, 4) is 0 Å². The fraction of sp³-hybridized carbons (Fsp3) is 0.133. The molecule has 0 unspecified atom stereocenters. The molecule has 3 heterocycles. The van der Waals surface area contributed by atoms with E-state index in [4.69, 9.17) is 0 Å². The molecule has 0 bridgehead atoms. The number of nitrogens with one attached hydrogen (secondary N) is 2. The lowest BCUT2D eigenvalue weighted by Crippen LogP contribution is -2.14. The first kappa shape index (κ1) is 15.9. The van der Waals surface area contributed by atoms with Gasteiger partial charge in [-0.1, -0.05) is 11.8 Å². The molecule has 25 heavy (non-hydrogen) atoms. The fourth-order valence-corrected chi connectivity index (χ4v) is 3.58. The molecule has 3 aromatic heterocycles. The van der Waals surface area contributed by atoms with Gasteiger partial charge in [0.1, 0.15) is 11.3 Å². The Bertz CT molecular complexity index is 1090.